The first-order valence-corrected chi connectivity index (χ1v) is 5.74. The van der Waals surface area contributed by atoms with Gasteiger partial charge in [-0.1, -0.05) is 19.9 Å². The van der Waals surface area contributed by atoms with Crippen molar-refractivity contribution in [3.63, 3.8) is 0 Å². The summed E-state index contributed by atoms with van der Waals surface area (Å²) >= 11 is 0. The van der Waals surface area contributed by atoms with Gasteiger partial charge in [0.2, 0.25) is 0 Å². The van der Waals surface area contributed by atoms with Crippen molar-refractivity contribution in [1.29, 1.82) is 0 Å². The van der Waals surface area contributed by atoms with E-state index in [0.29, 0.717) is 12.8 Å². The van der Waals surface area contributed by atoms with Crippen LogP contribution in [0.25, 0.3) is 0 Å². The quantitative estimate of drug-likeness (QED) is 0.704. The van der Waals surface area contributed by atoms with Crippen LogP contribution >= 0.6 is 0 Å². The molecule has 0 bridgehead atoms. The lowest BCUT2D eigenvalue weighted by Crippen LogP contribution is -2.50. The monoisotopic (exact) mass is 226 g/mol. The van der Waals surface area contributed by atoms with E-state index in [1.54, 1.807) is 13.0 Å². The molecule has 3 nitrogen and oxygen atoms in total. The Labute approximate surface area is 97.2 Å². The molecule has 1 saturated carbocycles. The lowest BCUT2D eigenvalue weighted by Gasteiger charge is -2.48. The molecule has 1 aliphatic rings. The van der Waals surface area contributed by atoms with Crippen molar-refractivity contribution < 1.29 is 15.0 Å². The van der Waals surface area contributed by atoms with Crippen molar-refractivity contribution in [2.45, 2.75) is 52.2 Å². The predicted molar refractivity (Wildman–Crippen MR) is 63.0 cm³/mol. The van der Waals surface area contributed by atoms with E-state index in [-0.39, 0.29) is 17.1 Å². The van der Waals surface area contributed by atoms with Crippen LogP contribution in [0, 0.1) is 11.3 Å². The largest absolute Gasteiger partial charge is 0.393 e. The van der Waals surface area contributed by atoms with E-state index in [1.165, 1.54) is 13.0 Å². The van der Waals surface area contributed by atoms with E-state index in [2.05, 4.69) is 0 Å². The minimum absolute atomic E-state index is 0.0160. The number of hydrogen-bond donors (Lipinski definition) is 2. The molecule has 3 unspecified atom stereocenters. The van der Waals surface area contributed by atoms with Crippen LogP contribution in [0.2, 0.25) is 0 Å². The summed E-state index contributed by atoms with van der Waals surface area (Å²) in [5, 5.41) is 20.1. The standard InChI is InChI=1S/C13H22O3/c1-9(14)5-6-11-12(2,3)7-10(15)8-13(11,4)16/h5-6,10-11,15-16H,7-8H2,1-4H3. The summed E-state index contributed by atoms with van der Waals surface area (Å²) in [6, 6.07) is 0. The molecule has 0 heterocycles. The second-order valence-electron chi connectivity index (χ2n) is 5.86. The Morgan fingerprint density at radius 2 is 1.88 bits per heavy atom. The molecule has 3 heteroatoms. The maximum Gasteiger partial charge on any atom is 0.152 e. The summed E-state index contributed by atoms with van der Waals surface area (Å²) < 4.78 is 0. The molecule has 92 valence electrons. The van der Waals surface area contributed by atoms with Gasteiger partial charge in [-0.2, -0.15) is 0 Å². The van der Waals surface area contributed by atoms with Gasteiger partial charge in [-0.05, 0) is 31.8 Å². The molecule has 16 heavy (non-hydrogen) atoms. The summed E-state index contributed by atoms with van der Waals surface area (Å²) in [6.07, 6.45) is 3.85. The second-order valence-corrected chi connectivity index (χ2v) is 5.86. The maximum absolute atomic E-state index is 11.0. The number of allylic oxidation sites excluding steroid dienone is 1. The van der Waals surface area contributed by atoms with Gasteiger partial charge >= 0.3 is 0 Å². The lowest BCUT2D eigenvalue weighted by atomic mass is 9.61. The molecule has 0 spiro atoms. The molecule has 3 atom stereocenters. The highest BCUT2D eigenvalue weighted by molar-refractivity contribution is 5.87. The Hall–Kier alpha value is -0.670. The molecule has 0 aromatic carbocycles. The highest BCUT2D eigenvalue weighted by Gasteiger charge is 2.47. The third-order valence-corrected chi connectivity index (χ3v) is 3.45. The van der Waals surface area contributed by atoms with Crippen LogP contribution in [0.4, 0.5) is 0 Å². The van der Waals surface area contributed by atoms with E-state index < -0.39 is 11.7 Å². The third-order valence-electron chi connectivity index (χ3n) is 3.45. The maximum atomic E-state index is 11.0. The number of aliphatic hydroxyl groups excluding tert-OH is 1. The highest BCUT2D eigenvalue weighted by Crippen LogP contribution is 2.46. The summed E-state index contributed by atoms with van der Waals surface area (Å²) in [6.45, 7) is 7.25. The smallest absolute Gasteiger partial charge is 0.152 e. The molecular weight excluding hydrogens is 204 g/mol. The summed E-state index contributed by atoms with van der Waals surface area (Å²) in [5.74, 6) is -0.120. The van der Waals surface area contributed by atoms with Crippen LogP contribution in [0.15, 0.2) is 12.2 Å². The molecular formula is C13H22O3. The van der Waals surface area contributed by atoms with Crippen LogP contribution in [0.1, 0.15) is 40.5 Å². The molecule has 2 N–H and O–H groups in total. The van der Waals surface area contributed by atoms with Gasteiger partial charge in [0, 0.05) is 12.3 Å². The van der Waals surface area contributed by atoms with Crippen molar-refractivity contribution in [2.24, 2.45) is 11.3 Å². The van der Waals surface area contributed by atoms with Crippen molar-refractivity contribution in [2.75, 3.05) is 0 Å². The van der Waals surface area contributed by atoms with Crippen LogP contribution in [-0.2, 0) is 4.79 Å². The Bertz CT molecular complexity index is 284. The second kappa shape index (κ2) is 4.30. The zero-order chi connectivity index (χ0) is 12.6. The predicted octanol–water partition coefficient (Wildman–Crippen LogP) is 1.68. The molecule has 0 aromatic heterocycles. The van der Waals surface area contributed by atoms with Gasteiger partial charge in [0.1, 0.15) is 0 Å². The summed E-state index contributed by atoms with van der Waals surface area (Å²) in [4.78, 5) is 11.0. The third kappa shape index (κ3) is 2.92. The van der Waals surface area contributed by atoms with E-state index in [0.717, 1.165) is 0 Å². The molecule has 0 amide bonds. The van der Waals surface area contributed by atoms with Gasteiger partial charge in [0.15, 0.2) is 5.78 Å². The number of ketones is 1. The molecule has 1 rings (SSSR count). The van der Waals surface area contributed by atoms with E-state index in [9.17, 15) is 15.0 Å². The van der Waals surface area contributed by atoms with Crippen molar-refractivity contribution in [3.8, 4) is 0 Å². The molecule has 1 aliphatic carbocycles. The zero-order valence-corrected chi connectivity index (χ0v) is 10.5. The SMILES string of the molecule is CC(=O)C=CC1C(C)(C)CC(O)CC1(C)O. The summed E-state index contributed by atoms with van der Waals surface area (Å²) in [7, 11) is 0. The molecule has 0 aromatic rings. The van der Waals surface area contributed by atoms with Gasteiger partial charge in [-0.3, -0.25) is 4.79 Å². The normalized spacial score (nSPS) is 38.9. The van der Waals surface area contributed by atoms with Crippen LogP contribution in [0.3, 0.4) is 0 Å². The minimum atomic E-state index is -0.951. The van der Waals surface area contributed by atoms with Gasteiger partial charge in [0.25, 0.3) is 0 Å². The van der Waals surface area contributed by atoms with Crippen molar-refractivity contribution >= 4 is 5.78 Å². The average Bonchev–Trinajstić information content (AvgIpc) is 1.96. The van der Waals surface area contributed by atoms with Gasteiger partial charge in [-0.25, -0.2) is 0 Å². The van der Waals surface area contributed by atoms with Crippen molar-refractivity contribution in [1.82, 2.24) is 0 Å². The minimum Gasteiger partial charge on any atom is -0.393 e. The fourth-order valence-electron chi connectivity index (χ4n) is 2.95. The Balaban J connectivity index is 2.97. The fourth-order valence-corrected chi connectivity index (χ4v) is 2.95. The number of carbonyl (C=O) groups is 1. The van der Waals surface area contributed by atoms with E-state index >= 15 is 0 Å². The average molecular weight is 226 g/mol. The van der Waals surface area contributed by atoms with Gasteiger partial charge in [0.05, 0.1) is 11.7 Å². The van der Waals surface area contributed by atoms with Gasteiger partial charge in [-0.15, -0.1) is 0 Å². The Morgan fingerprint density at radius 1 is 1.31 bits per heavy atom. The van der Waals surface area contributed by atoms with Crippen LogP contribution < -0.4 is 0 Å². The number of aliphatic hydroxyl groups is 2. The topological polar surface area (TPSA) is 57.5 Å². The summed E-state index contributed by atoms with van der Waals surface area (Å²) in [5.41, 5.74) is -1.15. The molecule has 0 aliphatic heterocycles. The Kier molecular flexibility index (Phi) is 3.60. The first kappa shape index (κ1) is 13.4. The van der Waals surface area contributed by atoms with E-state index in [1.807, 2.05) is 13.8 Å². The number of carbonyl (C=O) groups excluding carboxylic acids is 1. The number of hydrogen-bond acceptors (Lipinski definition) is 3. The van der Waals surface area contributed by atoms with Crippen molar-refractivity contribution in [3.05, 3.63) is 12.2 Å². The van der Waals surface area contributed by atoms with Crippen LogP contribution in [0.5, 0.6) is 0 Å². The fraction of sp³-hybridized carbons (Fsp3) is 0.769. The Morgan fingerprint density at radius 3 is 2.31 bits per heavy atom. The number of rotatable bonds is 2. The highest BCUT2D eigenvalue weighted by atomic mass is 16.3. The van der Waals surface area contributed by atoms with E-state index in [4.69, 9.17) is 0 Å². The van der Waals surface area contributed by atoms with Gasteiger partial charge < -0.3 is 10.2 Å². The zero-order valence-electron chi connectivity index (χ0n) is 10.5. The first-order valence-electron chi connectivity index (χ1n) is 5.74. The lowest BCUT2D eigenvalue weighted by molar-refractivity contribution is -0.114. The van der Waals surface area contributed by atoms with Crippen LogP contribution in [-0.4, -0.2) is 27.7 Å². The first-order chi connectivity index (χ1) is 7.15. The molecule has 0 saturated heterocycles. The molecule has 0 radical (unpaired) electrons. The molecule has 1 fully saturated rings.